The molecule has 0 spiro atoms. The quantitative estimate of drug-likeness (QED) is 0.744. The predicted molar refractivity (Wildman–Crippen MR) is 106 cm³/mol. The fourth-order valence-corrected chi connectivity index (χ4v) is 3.71. The first-order chi connectivity index (χ1) is 13.2. The van der Waals surface area contributed by atoms with Crippen molar-refractivity contribution in [2.24, 2.45) is 10.4 Å². The summed E-state index contributed by atoms with van der Waals surface area (Å²) in [6, 6.07) is 4.28. The number of nitrogens with zero attached hydrogens (tertiary/aromatic N) is 2. The number of ether oxygens (including phenoxy) is 1. The number of carbonyl (C=O) groups is 2. The molecule has 2 aliphatic rings. The number of carbonyl (C=O) groups excluding carboxylic acids is 2. The van der Waals surface area contributed by atoms with Gasteiger partial charge in [0.1, 0.15) is 5.82 Å². The molecule has 0 saturated carbocycles. The van der Waals surface area contributed by atoms with E-state index in [-0.39, 0.29) is 23.7 Å². The number of esters is 1. The fraction of sp³-hybridized carbons (Fsp3) is 0.409. The smallest absolute Gasteiger partial charge is 0.340 e. The Bertz CT molecular complexity index is 941. The Labute approximate surface area is 164 Å². The molecule has 3 rings (SSSR count). The highest BCUT2D eigenvalue weighted by molar-refractivity contribution is 6.14. The molecule has 0 aliphatic carbocycles. The number of rotatable bonds is 3. The van der Waals surface area contributed by atoms with Gasteiger partial charge in [-0.1, -0.05) is 13.8 Å². The summed E-state index contributed by atoms with van der Waals surface area (Å²) in [7, 11) is 0. The molecule has 1 aromatic rings. The van der Waals surface area contributed by atoms with Crippen LogP contribution >= 0.6 is 0 Å². The zero-order chi connectivity index (χ0) is 20.6. The van der Waals surface area contributed by atoms with Gasteiger partial charge in [0.25, 0.3) is 5.91 Å². The van der Waals surface area contributed by atoms with Crippen molar-refractivity contribution in [3.8, 4) is 0 Å². The van der Waals surface area contributed by atoms with Gasteiger partial charge < -0.3 is 9.64 Å². The number of amides is 1. The first kappa shape index (κ1) is 20.0. The average molecular weight is 384 g/mol. The van der Waals surface area contributed by atoms with E-state index in [4.69, 9.17) is 4.74 Å². The highest BCUT2D eigenvalue weighted by atomic mass is 19.1. The van der Waals surface area contributed by atoms with E-state index in [1.165, 1.54) is 23.1 Å². The van der Waals surface area contributed by atoms with Gasteiger partial charge in [0, 0.05) is 35.0 Å². The second kappa shape index (κ2) is 7.34. The second-order valence-corrected chi connectivity index (χ2v) is 7.80. The third-order valence-corrected chi connectivity index (χ3v) is 5.24. The lowest BCUT2D eigenvalue weighted by molar-refractivity contribution is -0.138. The molecule has 1 aromatic carbocycles. The maximum Gasteiger partial charge on any atom is 0.340 e. The minimum absolute atomic E-state index is 0.240. The minimum atomic E-state index is -0.475. The highest BCUT2D eigenvalue weighted by Crippen LogP contribution is 2.40. The topological polar surface area (TPSA) is 59.0 Å². The van der Waals surface area contributed by atoms with Crippen molar-refractivity contribution in [2.45, 2.75) is 34.6 Å². The van der Waals surface area contributed by atoms with Crippen LogP contribution in [0.1, 0.15) is 43.6 Å². The molecular weight excluding hydrogens is 359 g/mol. The van der Waals surface area contributed by atoms with E-state index in [1.807, 2.05) is 20.8 Å². The van der Waals surface area contributed by atoms with Gasteiger partial charge in [-0.3, -0.25) is 9.79 Å². The third-order valence-electron chi connectivity index (χ3n) is 5.24. The second-order valence-electron chi connectivity index (χ2n) is 7.80. The van der Waals surface area contributed by atoms with Crippen molar-refractivity contribution in [3.05, 3.63) is 58.1 Å². The molecule has 6 heteroatoms. The molecule has 0 unspecified atom stereocenters. The molecule has 0 N–H and O–H groups in total. The van der Waals surface area contributed by atoms with E-state index >= 15 is 0 Å². The van der Waals surface area contributed by atoms with Gasteiger partial charge in [0.2, 0.25) is 0 Å². The lowest BCUT2D eigenvalue weighted by atomic mass is 9.80. The van der Waals surface area contributed by atoms with E-state index in [0.29, 0.717) is 29.8 Å². The number of aliphatic imine (C=N–C) groups is 1. The molecule has 0 atom stereocenters. The Morgan fingerprint density at radius 1 is 1.29 bits per heavy atom. The van der Waals surface area contributed by atoms with Gasteiger partial charge in [0.15, 0.2) is 0 Å². The normalized spacial score (nSPS) is 18.3. The van der Waals surface area contributed by atoms with Crippen LogP contribution in [0.3, 0.4) is 0 Å². The summed E-state index contributed by atoms with van der Waals surface area (Å²) in [6.07, 6.45) is 1.56. The van der Waals surface area contributed by atoms with Crippen LogP contribution < -0.4 is 0 Å². The summed E-state index contributed by atoms with van der Waals surface area (Å²) >= 11 is 0. The van der Waals surface area contributed by atoms with Crippen LogP contribution in [0.25, 0.3) is 0 Å². The monoisotopic (exact) mass is 384 g/mol. The van der Waals surface area contributed by atoms with Crippen LogP contribution in [0.2, 0.25) is 0 Å². The summed E-state index contributed by atoms with van der Waals surface area (Å²) in [6.45, 7) is 10.4. The molecule has 5 nitrogen and oxygen atoms in total. The summed E-state index contributed by atoms with van der Waals surface area (Å²) in [5.74, 6) is -1.12. The zero-order valence-corrected chi connectivity index (χ0v) is 16.9. The van der Waals surface area contributed by atoms with E-state index in [9.17, 15) is 14.0 Å². The molecule has 2 aliphatic heterocycles. The Morgan fingerprint density at radius 2 is 2.00 bits per heavy atom. The Balaban J connectivity index is 2.09. The van der Waals surface area contributed by atoms with Crippen molar-refractivity contribution in [2.75, 3.05) is 19.7 Å². The van der Waals surface area contributed by atoms with Gasteiger partial charge in [0.05, 0.1) is 18.7 Å². The number of hydrogen-bond acceptors (Lipinski definition) is 4. The van der Waals surface area contributed by atoms with Crippen LogP contribution in [0.4, 0.5) is 4.39 Å². The molecule has 2 heterocycles. The SMILES string of the molecule is CCOC(=O)C1=CN(C(=O)c2ccc(F)c(C)c2)CC(C)(C)C2=C1C(C)=NC2. The molecule has 0 saturated heterocycles. The van der Waals surface area contributed by atoms with E-state index in [0.717, 1.165) is 16.9 Å². The first-order valence-electron chi connectivity index (χ1n) is 9.37. The van der Waals surface area contributed by atoms with Crippen molar-refractivity contribution >= 4 is 17.6 Å². The Morgan fingerprint density at radius 3 is 2.64 bits per heavy atom. The summed E-state index contributed by atoms with van der Waals surface area (Å²) < 4.78 is 18.9. The van der Waals surface area contributed by atoms with Gasteiger partial charge in [-0.05, 0) is 50.1 Å². The van der Waals surface area contributed by atoms with Crippen LogP contribution in [0.5, 0.6) is 0 Å². The highest BCUT2D eigenvalue weighted by Gasteiger charge is 2.39. The maximum absolute atomic E-state index is 13.6. The van der Waals surface area contributed by atoms with E-state index in [2.05, 4.69) is 4.99 Å². The van der Waals surface area contributed by atoms with E-state index in [1.54, 1.807) is 20.0 Å². The summed E-state index contributed by atoms with van der Waals surface area (Å²) in [4.78, 5) is 31.9. The molecule has 0 bridgehead atoms. The molecule has 0 fully saturated rings. The Hall–Kier alpha value is -2.76. The average Bonchev–Trinajstić information content (AvgIpc) is 2.97. The lowest BCUT2D eigenvalue weighted by Crippen LogP contribution is -2.36. The van der Waals surface area contributed by atoms with Crippen molar-refractivity contribution in [3.63, 3.8) is 0 Å². The van der Waals surface area contributed by atoms with E-state index < -0.39 is 5.97 Å². The van der Waals surface area contributed by atoms with Gasteiger partial charge in [-0.25, -0.2) is 9.18 Å². The lowest BCUT2D eigenvalue weighted by Gasteiger charge is -2.30. The van der Waals surface area contributed by atoms with Crippen molar-refractivity contribution in [1.82, 2.24) is 4.90 Å². The number of halogens is 1. The molecule has 1 amide bonds. The van der Waals surface area contributed by atoms with Gasteiger partial charge in [-0.2, -0.15) is 0 Å². The Kier molecular flexibility index (Phi) is 5.24. The summed E-state index contributed by atoms with van der Waals surface area (Å²) in [5.41, 5.74) is 3.30. The maximum atomic E-state index is 13.6. The number of benzene rings is 1. The van der Waals surface area contributed by atoms with Crippen LogP contribution in [-0.4, -0.2) is 42.2 Å². The first-order valence-corrected chi connectivity index (χ1v) is 9.37. The molecule has 0 aromatic heterocycles. The van der Waals surface area contributed by atoms with Gasteiger partial charge >= 0.3 is 5.97 Å². The molecule has 148 valence electrons. The predicted octanol–water partition coefficient (Wildman–Crippen LogP) is 3.83. The third kappa shape index (κ3) is 3.51. The number of hydrogen-bond donors (Lipinski definition) is 0. The largest absolute Gasteiger partial charge is 0.462 e. The van der Waals surface area contributed by atoms with Crippen LogP contribution in [-0.2, 0) is 9.53 Å². The number of aryl methyl sites for hydroxylation is 1. The van der Waals surface area contributed by atoms with Crippen molar-refractivity contribution < 1.29 is 18.7 Å². The minimum Gasteiger partial charge on any atom is -0.462 e. The van der Waals surface area contributed by atoms with Crippen LogP contribution in [0, 0.1) is 18.2 Å². The molecular formula is C22H25FN2O3. The fourth-order valence-electron chi connectivity index (χ4n) is 3.71. The van der Waals surface area contributed by atoms with Gasteiger partial charge in [-0.15, -0.1) is 0 Å². The molecule has 0 radical (unpaired) electrons. The zero-order valence-electron chi connectivity index (χ0n) is 16.9. The van der Waals surface area contributed by atoms with Crippen LogP contribution in [0.15, 0.2) is 46.1 Å². The molecule has 28 heavy (non-hydrogen) atoms. The standard InChI is InChI=1S/C22H25FN2O3/c1-6-28-21(27)16-11-25(20(26)15-7-8-18(23)13(2)9-15)12-22(4,5)17-10-24-14(3)19(16)17/h7-9,11H,6,10,12H2,1-5H3. The summed E-state index contributed by atoms with van der Waals surface area (Å²) in [5, 5.41) is 0. The van der Waals surface area contributed by atoms with Crippen molar-refractivity contribution in [1.29, 1.82) is 0 Å².